The predicted molar refractivity (Wildman–Crippen MR) is 72.0 cm³/mol. The molecule has 0 aromatic heterocycles. The third-order valence-corrected chi connectivity index (χ3v) is 3.98. The van der Waals surface area contributed by atoms with Crippen LogP contribution < -0.4 is 5.32 Å². The topological polar surface area (TPSA) is 66.5 Å². The van der Waals surface area contributed by atoms with Gasteiger partial charge in [-0.15, -0.1) is 0 Å². The Morgan fingerprint density at radius 2 is 1.89 bits per heavy atom. The van der Waals surface area contributed by atoms with Gasteiger partial charge in [0.2, 0.25) is 15.9 Å². The number of likely N-dealkylation sites (N-methyl/N-ethyl adjacent to an activating group) is 1. The second-order valence-electron chi connectivity index (χ2n) is 4.37. The van der Waals surface area contributed by atoms with Crippen LogP contribution >= 0.6 is 0 Å². The summed E-state index contributed by atoms with van der Waals surface area (Å²) in [5.41, 5.74) is 2.88. The Labute approximate surface area is 108 Å². The fraction of sp³-hybridized carbons (Fsp3) is 0.417. The second-order valence-corrected chi connectivity index (χ2v) is 6.46. The van der Waals surface area contributed by atoms with Crippen LogP contribution in [0.4, 0.5) is 5.69 Å². The molecule has 1 amide bonds. The van der Waals surface area contributed by atoms with Gasteiger partial charge < -0.3 is 5.32 Å². The van der Waals surface area contributed by atoms with Gasteiger partial charge in [-0.2, -0.15) is 4.31 Å². The van der Waals surface area contributed by atoms with Crippen molar-refractivity contribution < 1.29 is 13.2 Å². The molecule has 1 N–H and O–H groups in total. The molecule has 5 nitrogen and oxygen atoms in total. The van der Waals surface area contributed by atoms with Crippen molar-refractivity contribution >= 4 is 21.6 Å². The average molecular weight is 270 g/mol. The lowest BCUT2D eigenvalue weighted by molar-refractivity contribution is -0.116. The van der Waals surface area contributed by atoms with E-state index < -0.39 is 10.0 Å². The largest absolute Gasteiger partial charge is 0.325 e. The van der Waals surface area contributed by atoms with E-state index in [9.17, 15) is 13.2 Å². The summed E-state index contributed by atoms with van der Waals surface area (Å²) in [6.45, 7) is 3.75. The maximum atomic E-state index is 11.6. The van der Waals surface area contributed by atoms with Crippen LogP contribution in [0.3, 0.4) is 0 Å². The van der Waals surface area contributed by atoms with Gasteiger partial charge in [-0.25, -0.2) is 8.42 Å². The molecule has 0 spiro atoms. The molecule has 0 aliphatic heterocycles. The summed E-state index contributed by atoms with van der Waals surface area (Å²) >= 11 is 0. The number of rotatable bonds is 4. The summed E-state index contributed by atoms with van der Waals surface area (Å²) in [6.07, 6.45) is 1.07. The molecule has 0 saturated heterocycles. The van der Waals surface area contributed by atoms with E-state index in [2.05, 4.69) is 5.32 Å². The van der Waals surface area contributed by atoms with Crippen LogP contribution in [0.1, 0.15) is 11.1 Å². The maximum absolute atomic E-state index is 11.6. The molecule has 0 fully saturated rings. The van der Waals surface area contributed by atoms with E-state index in [4.69, 9.17) is 0 Å². The summed E-state index contributed by atoms with van der Waals surface area (Å²) in [5.74, 6) is -0.355. The Kier molecular flexibility index (Phi) is 4.48. The summed E-state index contributed by atoms with van der Waals surface area (Å²) in [4.78, 5) is 11.6. The lowest BCUT2D eigenvalue weighted by Crippen LogP contribution is -2.34. The first kappa shape index (κ1) is 14.7. The molecule has 0 radical (unpaired) electrons. The van der Waals surface area contributed by atoms with Crippen molar-refractivity contribution in [3.8, 4) is 0 Å². The molecule has 1 aromatic carbocycles. The average Bonchev–Trinajstić information content (AvgIpc) is 2.22. The van der Waals surface area contributed by atoms with E-state index in [0.717, 1.165) is 21.7 Å². The number of aryl methyl sites for hydroxylation is 2. The van der Waals surface area contributed by atoms with E-state index in [-0.39, 0.29) is 12.5 Å². The Morgan fingerprint density at radius 1 is 1.28 bits per heavy atom. The molecule has 0 atom stereocenters. The molecule has 1 aromatic rings. The Balaban J connectivity index is 2.68. The van der Waals surface area contributed by atoms with Crippen molar-refractivity contribution in [1.29, 1.82) is 0 Å². The van der Waals surface area contributed by atoms with Crippen molar-refractivity contribution in [2.75, 3.05) is 25.2 Å². The highest BCUT2D eigenvalue weighted by Gasteiger charge is 2.15. The van der Waals surface area contributed by atoms with Crippen molar-refractivity contribution in [2.45, 2.75) is 13.8 Å². The van der Waals surface area contributed by atoms with Crippen LogP contribution in [-0.2, 0) is 14.8 Å². The molecule has 0 aliphatic rings. The summed E-state index contributed by atoms with van der Waals surface area (Å²) < 4.78 is 23.3. The number of carbonyl (C=O) groups is 1. The number of benzene rings is 1. The number of carbonyl (C=O) groups excluding carboxylic acids is 1. The minimum atomic E-state index is -3.33. The minimum Gasteiger partial charge on any atom is -0.325 e. The van der Waals surface area contributed by atoms with E-state index in [1.54, 1.807) is 6.07 Å². The van der Waals surface area contributed by atoms with Crippen molar-refractivity contribution in [3.63, 3.8) is 0 Å². The van der Waals surface area contributed by atoms with Crippen LogP contribution in [0.15, 0.2) is 18.2 Å². The van der Waals surface area contributed by atoms with Gasteiger partial charge in [0.05, 0.1) is 12.8 Å². The van der Waals surface area contributed by atoms with Gasteiger partial charge in [-0.3, -0.25) is 4.79 Å². The first-order valence-corrected chi connectivity index (χ1v) is 7.33. The number of sulfonamides is 1. The lowest BCUT2D eigenvalue weighted by atomic mass is 10.1. The minimum absolute atomic E-state index is 0.189. The van der Waals surface area contributed by atoms with Gasteiger partial charge in [-0.1, -0.05) is 6.07 Å². The number of nitrogens with one attached hydrogen (secondary N) is 1. The molecule has 0 aliphatic carbocycles. The molecule has 1 rings (SSSR count). The van der Waals surface area contributed by atoms with Crippen LogP contribution in [0.25, 0.3) is 0 Å². The van der Waals surface area contributed by atoms with Crippen molar-refractivity contribution in [2.24, 2.45) is 0 Å². The normalized spacial score (nSPS) is 11.6. The van der Waals surface area contributed by atoms with Gasteiger partial charge >= 0.3 is 0 Å². The predicted octanol–water partition coefficient (Wildman–Crippen LogP) is 1.13. The Morgan fingerprint density at radius 3 is 2.39 bits per heavy atom. The standard InChI is InChI=1S/C12H18N2O3S/c1-9-5-6-11(7-10(9)2)13-12(15)8-14(3)18(4,16)17/h5-7H,8H2,1-4H3,(H,13,15). The van der Waals surface area contributed by atoms with E-state index in [1.807, 2.05) is 26.0 Å². The highest BCUT2D eigenvalue weighted by Crippen LogP contribution is 2.14. The van der Waals surface area contributed by atoms with Crippen LogP contribution in [0.5, 0.6) is 0 Å². The number of amides is 1. The maximum Gasteiger partial charge on any atom is 0.239 e. The SMILES string of the molecule is Cc1ccc(NC(=O)CN(C)S(C)(=O)=O)cc1C. The quantitative estimate of drug-likeness (QED) is 0.892. The Hall–Kier alpha value is -1.40. The molecule has 6 heteroatoms. The van der Waals surface area contributed by atoms with Gasteiger partial charge in [0, 0.05) is 12.7 Å². The second kappa shape index (κ2) is 5.49. The van der Waals surface area contributed by atoms with Gasteiger partial charge in [0.15, 0.2) is 0 Å². The molecule has 0 saturated carbocycles. The molecular formula is C12H18N2O3S. The smallest absolute Gasteiger partial charge is 0.239 e. The summed E-state index contributed by atoms with van der Waals surface area (Å²) in [7, 11) is -1.96. The summed E-state index contributed by atoms with van der Waals surface area (Å²) in [6, 6.07) is 5.56. The van der Waals surface area contributed by atoms with Crippen molar-refractivity contribution in [1.82, 2.24) is 4.31 Å². The molecule has 0 bridgehead atoms. The zero-order valence-corrected chi connectivity index (χ0v) is 11.8. The number of hydrogen-bond acceptors (Lipinski definition) is 3. The Bertz CT molecular complexity index is 552. The molecule has 18 heavy (non-hydrogen) atoms. The monoisotopic (exact) mass is 270 g/mol. The first-order valence-electron chi connectivity index (χ1n) is 5.48. The molecular weight excluding hydrogens is 252 g/mol. The van der Waals surface area contributed by atoms with Crippen molar-refractivity contribution in [3.05, 3.63) is 29.3 Å². The third kappa shape index (κ3) is 4.12. The lowest BCUT2D eigenvalue weighted by Gasteiger charge is -2.14. The van der Waals surface area contributed by atoms with Crippen LogP contribution in [0, 0.1) is 13.8 Å². The van der Waals surface area contributed by atoms with Crippen LogP contribution in [0.2, 0.25) is 0 Å². The molecule has 0 heterocycles. The van der Waals surface area contributed by atoms with E-state index >= 15 is 0 Å². The number of nitrogens with zero attached hydrogens (tertiary/aromatic N) is 1. The first-order chi connectivity index (χ1) is 8.20. The van der Waals surface area contributed by atoms with E-state index in [1.165, 1.54) is 7.05 Å². The van der Waals surface area contributed by atoms with Gasteiger partial charge in [0.1, 0.15) is 0 Å². The number of anilines is 1. The fourth-order valence-electron chi connectivity index (χ4n) is 1.34. The highest BCUT2D eigenvalue weighted by molar-refractivity contribution is 7.88. The van der Waals surface area contributed by atoms with E-state index in [0.29, 0.717) is 5.69 Å². The van der Waals surface area contributed by atoms with Crippen LogP contribution in [-0.4, -0.2) is 38.5 Å². The van der Waals surface area contributed by atoms with Gasteiger partial charge in [-0.05, 0) is 37.1 Å². The zero-order chi connectivity index (χ0) is 13.9. The number of hydrogen-bond donors (Lipinski definition) is 1. The fourth-order valence-corrected chi connectivity index (χ4v) is 1.69. The summed E-state index contributed by atoms with van der Waals surface area (Å²) in [5, 5.41) is 2.67. The molecule has 0 unspecified atom stereocenters. The third-order valence-electron chi connectivity index (χ3n) is 2.72. The molecule has 100 valence electrons. The zero-order valence-electron chi connectivity index (χ0n) is 11.0. The highest BCUT2D eigenvalue weighted by atomic mass is 32.2. The van der Waals surface area contributed by atoms with Gasteiger partial charge in [0.25, 0.3) is 0 Å².